The van der Waals surface area contributed by atoms with Gasteiger partial charge in [-0.25, -0.2) is 8.42 Å². The van der Waals surface area contributed by atoms with Crippen LogP contribution in [0, 0.1) is 0 Å². The number of hydrogen-bond donors (Lipinski definition) is 1. The standard InChI is InChI=1S/C6H7ClO2S2/c7-3-5-1-2-6(10-5)4-11(8)9/h1-2,11H,3-4H2. The Morgan fingerprint density at radius 3 is 2.45 bits per heavy atom. The van der Waals surface area contributed by atoms with Gasteiger partial charge >= 0.3 is 0 Å². The van der Waals surface area contributed by atoms with Crippen LogP contribution in [0.5, 0.6) is 0 Å². The van der Waals surface area contributed by atoms with Crippen LogP contribution in [-0.4, -0.2) is 8.42 Å². The molecule has 0 atom stereocenters. The Hall–Kier alpha value is -0.0600. The van der Waals surface area contributed by atoms with Crippen LogP contribution in [0.3, 0.4) is 0 Å². The Bertz CT molecular complexity index is 295. The van der Waals surface area contributed by atoms with E-state index in [0.717, 1.165) is 9.75 Å². The molecule has 1 aromatic rings. The quantitative estimate of drug-likeness (QED) is 0.608. The third-order valence-corrected chi connectivity index (χ3v) is 3.48. The Kier molecular flexibility index (Phi) is 3.36. The Morgan fingerprint density at radius 2 is 2.00 bits per heavy atom. The van der Waals surface area contributed by atoms with Gasteiger partial charge in [-0.05, 0) is 12.1 Å². The normalized spacial score (nSPS) is 10.7. The summed E-state index contributed by atoms with van der Waals surface area (Å²) < 4.78 is 20.6. The van der Waals surface area contributed by atoms with E-state index in [1.165, 1.54) is 11.3 Å². The average Bonchev–Trinajstić information content (AvgIpc) is 2.34. The van der Waals surface area contributed by atoms with E-state index in [4.69, 9.17) is 11.6 Å². The minimum Gasteiger partial charge on any atom is -0.231 e. The largest absolute Gasteiger partial charge is 0.231 e. The molecule has 0 aliphatic rings. The van der Waals surface area contributed by atoms with E-state index in [0.29, 0.717) is 5.88 Å². The molecule has 0 saturated carbocycles. The minimum atomic E-state index is -2.30. The second-order valence-electron chi connectivity index (χ2n) is 1.99. The zero-order chi connectivity index (χ0) is 8.27. The van der Waals surface area contributed by atoms with Gasteiger partial charge in [0.25, 0.3) is 0 Å². The lowest BCUT2D eigenvalue weighted by Gasteiger charge is -1.83. The molecule has 0 amide bonds. The number of rotatable bonds is 3. The fourth-order valence-electron chi connectivity index (χ4n) is 0.706. The van der Waals surface area contributed by atoms with Gasteiger partial charge in [-0.3, -0.25) is 0 Å². The summed E-state index contributed by atoms with van der Waals surface area (Å²) in [5.41, 5.74) is 0. The van der Waals surface area contributed by atoms with Crippen molar-refractivity contribution in [2.75, 3.05) is 0 Å². The maximum atomic E-state index is 10.3. The van der Waals surface area contributed by atoms with Crippen LogP contribution >= 0.6 is 22.9 Å². The van der Waals surface area contributed by atoms with Gasteiger partial charge in [-0.15, -0.1) is 22.9 Å². The third kappa shape index (κ3) is 2.81. The molecule has 0 unspecified atom stereocenters. The van der Waals surface area contributed by atoms with Gasteiger partial charge in [0.2, 0.25) is 0 Å². The van der Waals surface area contributed by atoms with E-state index in [-0.39, 0.29) is 5.75 Å². The summed E-state index contributed by atoms with van der Waals surface area (Å²) in [6.07, 6.45) is 0. The topological polar surface area (TPSA) is 34.1 Å². The lowest BCUT2D eigenvalue weighted by molar-refractivity contribution is 0.614. The summed E-state index contributed by atoms with van der Waals surface area (Å²) in [5.74, 6) is 0.594. The minimum absolute atomic E-state index is 0.136. The summed E-state index contributed by atoms with van der Waals surface area (Å²) in [4.78, 5) is 1.87. The average molecular weight is 211 g/mol. The highest BCUT2D eigenvalue weighted by Crippen LogP contribution is 2.18. The number of halogens is 1. The van der Waals surface area contributed by atoms with Crippen LogP contribution in [0.1, 0.15) is 9.75 Å². The van der Waals surface area contributed by atoms with Crippen molar-refractivity contribution >= 4 is 33.6 Å². The van der Waals surface area contributed by atoms with Gasteiger partial charge in [-0.2, -0.15) is 0 Å². The third-order valence-electron chi connectivity index (χ3n) is 1.13. The molecule has 1 heterocycles. The zero-order valence-electron chi connectivity index (χ0n) is 5.62. The molecular weight excluding hydrogens is 204 g/mol. The van der Waals surface area contributed by atoms with Crippen molar-refractivity contribution in [2.45, 2.75) is 11.6 Å². The molecule has 0 fully saturated rings. The SMILES string of the molecule is O=[SH](=O)Cc1ccc(CCl)s1. The van der Waals surface area contributed by atoms with Crippen molar-refractivity contribution in [2.24, 2.45) is 0 Å². The zero-order valence-corrected chi connectivity index (χ0v) is 8.09. The molecule has 0 N–H and O–H groups in total. The second-order valence-corrected chi connectivity index (χ2v) is 4.49. The van der Waals surface area contributed by atoms with Crippen LogP contribution in [0.15, 0.2) is 12.1 Å². The summed E-state index contributed by atoms with van der Waals surface area (Å²) in [6, 6.07) is 3.65. The molecule has 0 spiro atoms. The van der Waals surface area contributed by atoms with Crippen molar-refractivity contribution in [1.29, 1.82) is 0 Å². The number of thiol groups is 1. The molecule has 0 saturated heterocycles. The fraction of sp³-hybridized carbons (Fsp3) is 0.333. The first kappa shape index (κ1) is 9.03. The van der Waals surface area contributed by atoms with Crippen molar-refractivity contribution in [1.82, 2.24) is 0 Å². The monoisotopic (exact) mass is 210 g/mol. The lowest BCUT2D eigenvalue weighted by atomic mass is 10.5. The van der Waals surface area contributed by atoms with Gasteiger partial charge in [0.15, 0.2) is 0 Å². The lowest BCUT2D eigenvalue weighted by Crippen LogP contribution is -1.79. The first-order valence-corrected chi connectivity index (χ1v) is 5.69. The van der Waals surface area contributed by atoms with Gasteiger partial charge in [0.05, 0.1) is 11.6 Å². The summed E-state index contributed by atoms with van der Waals surface area (Å²) in [7, 11) is -2.30. The Labute approximate surface area is 75.8 Å². The molecule has 0 aliphatic carbocycles. The van der Waals surface area contributed by atoms with Crippen LogP contribution in [0.2, 0.25) is 0 Å². The molecule has 2 nitrogen and oxygen atoms in total. The molecule has 0 aliphatic heterocycles. The summed E-state index contributed by atoms with van der Waals surface area (Å²) in [6.45, 7) is 0. The van der Waals surface area contributed by atoms with Gasteiger partial charge in [0, 0.05) is 9.75 Å². The molecule has 11 heavy (non-hydrogen) atoms. The molecule has 0 radical (unpaired) electrons. The van der Waals surface area contributed by atoms with E-state index < -0.39 is 10.7 Å². The van der Waals surface area contributed by atoms with Crippen molar-refractivity contribution < 1.29 is 8.42 Å². The first-order valence-electron chi connectivity index (χ1n) is 2.97. The van der Waals surface area contributed by atoms with Crippen molar-refractivity contribution in [3.63, 3.8) is 0 Å². The molecule has 62 valence electrons. The highest BCUT2D eigenvalue weighted by molar-refractivity contribution is 7.71. The van der Waals surface area contributed by atoms with Gasteiger partial charge in [-0.1, -0.05) is 0 Å². The molecule has 1 aromatic heterocycles. The molecule has 1 rings (SSSR count). The maximum Gasteiger partial charge on any atom is 0.145 e. The number of alkyl halides is 1. The van der Waals surface area contributed by atoms with Crippen LogP contribution < -0.4 is 0 Å². The second kappa shape index (κ2) is 4.09. The molecular formula is C6H7ClO2S2. The smallest absolute Gasteiger partial charge is 0.145 e. The van der Waals surface area contributed by atoms with E-state index >= 15 is 0 Å². The van der Waals surface area contributed by atoms with E-state index in [1.807, 2.05) is 6.07 Å². The van der Waals surface area contributed by atoms with Crippen LogP contribution in [0.4, 0.5) is 0 Å². The summed E-state index contributed by atoms with van der Waals surface area (Å²) in [5, 5.41) is 0. The van der Waals surface area contributed by atoms with Crippen LogP contribution in [0.25, 0.3) is 0 Å². The predicted molar refractivity (Wildman–Crippen MR) is 47.9 cm³/mol. The van der Waals surface area contributed by atoms with Gasteiger partial charge < -0.3 is 0 Å². The van der Waals surface area contributed by atoms with Gasteiger partial charge in [0.1, 0.15) is 10.7 Å². The van der Waals surface area contributed by atoms with Crippen molar-refractivity contribution in [3.8, 4) is 0 Å². The maximum absolute atomic E-state index is 10.3. The number of hydrogen-bond acceptors (Lipinski definition) is 3. The predicted octanol–water partition coefficient (Wildman–Crippen LogP) is 1.60. The summed E-state index contributed by atoms with van der Waals surface area (Å²) >= 11 is 6.98. The highest BCUT2D eigenvalue weighted by atomic mass is 35.5. The van der Waals surface area contributed by atoms with E-state index in [9.17, 15) is 8.42 Å². The Balaban J connectivity index is 2.72. The number of thiophene rings is 1. The molecule has 5 heteroatoms. The highest BCUT2D eigenvalue weighted by Gasteiger charge is 1.98. The van der Waals surface area contributed by atoms with Crippen molar-refractivity contribution in [3.05, 3.63) is 21.9 Å². The van der Waals surface area contributed by atoms with E-state index in [1.54, 1.807) is 6.07 Å². The van der Waals surface area contributed by atoms with Crippen LogP contribution in [-0.2, 0) is 22.3 Å². The molecule has 0 bridgehead atoms. The first-order chi connectivity index (χ1) is 5.22. The van der Waals surface area contributed by atoms with E-state index in [2.05, 4.69) is 0 Å². The Morgan fingerprint density at radius 1 is 1.36 bits per heavy atom. The fourth-order valence-corrected chi connectivity index (χ4v) is 2.56. The molecule has 0 aromatic carbocycles.